The van der Waals surface area contributed by atoms with Crippen LogP contribution < -0.4 is 5.73 Å². The lowest BCUT2D eigenvalue weighted by molar-refractivity contribution is 0.280. The van der Waals surface area contributed by atoms with Gasteiger partial charge in [-0.25, -0.2) is 4.98 Å². The monoisotopic (exact) mass is 298 g/mol. The largest absolute Gasteiger partial charge is 0.327 e. The fourth-order valence-electron chi connectivity index (χ4n) is 4.32. The van der Waals surface area contributed by atoms with E-state index in [0.29, 0.717) is 6.04 Å². The van der Waals surface area contributed by atoms with E-state index in [0.717, 1.165) is 29.9 Å². The molecule has 2 fully saturated rings. The molecule has 2 aliphatic carbocycles. The molecule has 2 aliphatic rings. The number of rotatable bonds is 4. The third-order valence-electron chi connectivity index (χ3n) is 5.37. The lowest BCUT2D eigenvalue weighted by Gasteiger charge is -2.27. The van der Waals surface area contributed by atoms with Crippen LogP contribution in [0.25, 0.3) is 11.3 Å². The Morgan fingerprint density at radius 2 is 2.05 bits per heavy atom. The van der Waals surface area contributed by atoms with Crippen LogP contribution in [0.1, 0.15) is 30.7 Å². The van der Waals surface area contributed by atoms with Crippen LogP contribution in [-0.4, -0.2) is 11.0 Å². The summed E-state index contributed by atoms with van der Waals surface area (Å²) >= 11 is 1.76. The molecule has 21 heavy (non-hydrogen) atoms. The van der Waals surface area contributed by atoms with E-state index in [1.807, 2.05) is 6.07 Å². The quantitative estimate of drug-likeness (QED) is 0.922. The first-order valence-corrected chi connectivity index (χ1v) is 8.93. The zero-order valence-electron chi connectivity index (χ0n) is 12.2. The summed E-state index contributed by atoms with van der Waals surface area (Å²) in [6.45, 7) is 0. The lowest BCUT2D eigenvalue weighted by atomic mass is 9.82. The number of hydrogen-bond donors (Lipinski definition) is 1. The van der Waals surface area contributed by atoms with Gasteiger partial charge in [-0.1, -0.05) is 36.8 Å². The number of nitrogens with zero attached hydrogens (tertiary/aromatic N) is 1. The van der Waals surface area contributed by atoms with Crippen LogP contribution in [0.3, 0.4) is 0 Å². The fourth-order valence-corrected chi connectivity index (χ4v) is 5.19. The van der Waals surface area contributed by atoms with Crippen LogP contribution in [0.5, 0.6) is 0 Å². The Bertz CT molecular complexity index is 607. The molecule has 110 valence electrons. The summed E-state index contributed by atoms with van der Waals surface area (Å²) in [5.41, 5.74) is 8.81. The van der Waals surface area contributed by atoms with Crippen molar-refractivity contribution in [3.05, 3.63) is 40.7 Å². The summed E-state index contributed by atoms with van der Waals surface area (Å²) in [6.07, 6.45) is 6.61. The van der Waals surface area contributed by atoms with E-state index in [4.69, 9.17) is 10.7 Å². The average molecular weight is 298 g/mol. The van der Waals surface area contributed by atoms with Crippen LogP contribution in [-0.2, 0) is 6.42 Å². The smallest absolute Gasteiger partial charge is 0.0948 e. The zero-order valence-corrected chi connectivity index (χ0v) is 13.1. The van der Waals surface area contributed by atoms with Gasteiger partial charge in [-0.05, 0) is 37.0 Å². The molecule has 0 saturated heterocycles. The Hall–Kier alpha value is -1.19. The van der Waals surface area contributed by atoms with Crippen molar-refractivity contribution < 1.29 is 0 Å². The summed E-state index contributed by atoms with van der Waals surface area (Å²) in [7, 11) is 0. The highest BCUT2D eigenvalue weighted by Gasteiger charge is 2.42. The summed E-state index contributed by atoms with van der Waals surface area (Å²) in [5, 5.41) is 3.36. The second-order valence-electron chi connectivity index (χ2n) is 6.70. The highest BCUT2D eigenvalue weighted by Crippen LogP contribution is 2.49. The van der Waals surface area contributed by atoms with Crippen molar-refractivity contribution in [2.24, 2.45) is 23.5 Å². The van der Waals surface area contributed by atoms with E-state index in [-0.39, 0.29) is 0 Å². The highest BCUT2D eigenvalue weighted by molar-refractivity contribution is 7.09. The van der Waals surface area contributed by atoms with Crippen LogP contribution in [0.15, 0.2) is 35.7 Å². The summed E-state index contributed by atoms with van der Waals surface area (Å²) < 4.78 is 0. The number of benzene rings is 1. The second kappa shape index (κ2) is 5.54. The molecular weight excluding hydrogens is 276 g/mol. The third-order valence-corrected chi connectivity index (χ3v) is 6.25. The number of aromatic nitrogens is 1. The number of hydrogen-bond acceptors (Lipinski definition) is 3. The van der Waals surface area contributed by atoms with Gasteiger partial charge in [0, 0.05) is 23.4 Å². The van der Waals surface area contributed by atoms with Gasteiger partial charge in [0.05, 0.1) is 10.7 Å². The molecular formula is C18H22N2S. The van der Waals surface area contributed by atoms with E-state index in [2.05, 4.69) is 29.6 Å². The maximum Gasteiger partial charge on any atom is 0.0948 e. The van der Waals surface area contributed by atoms with Crippen molar-refractivity contribution in [3.8, 4) is 11.3 Å². The molecule has 2 N–H and O–H groups in total. The third kappa shape index (κ3) is 2.65. The average Bonchev–Trinajstić information content (AvgIpc) is 3.24. The SMILES string of the molecule is NC(Cc1nc(-c2ccccc2)cs1)C1CC2CCC1C2. The normalized spacial score (nSPS) is 28.9. The standard InChI is InChI=1S/C18H22N2S/c19-16(15-9-12-6-7-14(15)8-12)10-18-20-17(11-21-18)13-4-2-1-3-5-13/h1-5,11-12,14-16H,6-10,19H2. The van der Waals surface area contributed by atoms with Gasteiger partial charge in [0.1, 0.15) is 0 Å². The topological polar surface area (TPSA) is 38.9 Å². The molecule has 4 unspecified atom stereocenters. The van der Waals surface area contributed by atoms with Crippen molar-refractivity contribution >= 4 is 11.3 Å². The van der Waals surface area contributed by atoms with Crippen molar-refractivity contribution in [1.82, 2.24) is 4.98 Å². The molecule has 3 heteroatoms. The molecule has 2 aromatic rings. The van der Waals surface area contributed by atoms with Crippen LogP contribution >= 0.6 is 11.3 Å². The molecule has 1 aromatic heterocycles. The predicted molar refractivity (Wildman–Crippen MR) is 88.2 cm³/mol. The first-order chi connectivity index (χ1) is 10.3. The van der Waals surface area contributed by atoms with E-state index in [9.17, 15) is 0 Å². The van der Waals surface area contributed by atoms with Crippen LogP contribution in [0.4, 0.5) is 0 Å². The fraction of sp³-hybridized carbons (Fsp3) is 0.500. The minimum atomic E-state index is 0.301. The predicted octanol–water partition coefficient (Wildman–Crippen LogP) is 4.12. The van der Waals surface area contributed by atoms with Crippen molar-refractivity contribution in [1.29, 1.82) is 0 Å². The van der Waals surface area contributed by atoms with Gasteiger partial charge in [0.25, 0.3) is 0 Å². The Morgan fingerprint density at radius 3 is 2.76 bits per heavy atom. The molecule has 0 radical (unpaired) electrons. The van der Waals surface area contributed by atoms with Crippen LogP contribution in [0.2, 0.25) is 0 Å². The Labute approximate surface area is 130 Å². The van der Waals surface area contributed by atoms with Gasteiger partial charge in [-0.15, -0.1) is 11.3 Å². The van der Waals surface area contributed by atoms with Gasteiger partial charge < -0.3 is 5.73 Å². The van der Waals surface area contributed by atoms with Gasteiger partial charge in [0.2, 0.25) is 0 Å². The molecule has 2 nitrogen and oxygen atoms in total. The molecule has 0 amide bonds. The Morgan fingerprint density at radius 1 is 1.19 bits per heavy atom. The van der Waals surface area contributed by atoms with E-state index < -0.39 is 0 Å². The molecule has 1 heterocycles. The highest BCUT2D eigenvalue weighted by atomic mass is 32.1. The molecule has 0 aliphatic heterocycles. The molecule has 2 bridgehead atoms. The number of fused-ring (bicyclic) bond motifs is 2. The second-order valence-corrected chi connectivity index (χ2v) is 7.64. The van der Waals surface area contributed by atoms with Crippen molar-refractivity contribution in [3.63, 3.8) is 0 Å². The minimum Gasteiger partial charge on any atom is -0.327 e. The summed E-state index contributed by atoms with van der Waals surface area (Å²) in [6, 6.07) is 10.7. The Balaban J connectivity index is 1.44. The number of nitrogens with two attached hydrogens (primary N) is 1. The van der Waals surface area contributed by atoms with E-state index >= 15 is 0 Å². The Kier molecular flexibility index (Phi) is 3.56. The molecule has 4 rings (SSSR count). The lowest BCUT2D eigenvalue weighted by Crippen LogP contribution is -2.35. The minimum absolute atomic E-state index is 0.301. The summed E-state index contributed by atoms with van der Waals surface area (Å²) in [4.78, 5) is 4.79. The van der Waals surface area contributed by atoms with Gasteiger partial charge >= 0.3 is 0 Å². The van der Waals surface area contributed by atoms with E-state index in [1.165, 1.54) is 36.3 Å². The maximum atomic E-state index is 6.51. The summed E-state index contributed by atoms with van der Waals surface area (Å²) in [5.74, 6) is 2.62. The van der Waals surface area contributed by atoms with Gasteiger partial charge in [-0.2, -0.15) is 0 Å². The molecule has 1 aromatic carbocycles. The first-order valence-electron chi connectivity index (χ1n) is 8.05. The van der Waals surface area contributed by atoms with E-state index in [1.54, 1.807) is 11.3 Å². The van der Waals surface area contributed by atoms with Crippen LogP contribution in [0, 0.1) is 17.8 Å². The van der Waals surface area contributed by atoms with Gasteiger partial charge in [-0.3, -0.25) is 0 Å². The molecule has 4 atom stereocenters. The van der Waals surface area contributed by atoms with Gasteiger partial charge in [0.15, 0.2) is 0 Å². The zero-order chi connectivity index (χ0) is 14.2. The van der Waals surface area contributed by atoms with Crippen molar-refractivity contribution in [2.75, 3.05) is 0 Å². The number of thiazole rings is 1. The first kappa shape index (κ1) is 13.5. The molecule has 2 saturated carbocycles. The van der Waals surface area contributed by atoms with Crippen molar-refractivity contribution in [2.45, 2.75) is 38.1 Å². The molecule has 0 spiro atoms. The maximum absolute atomic E-state index is 6.51.